The fourth-order valence-corrected chi connectivity index (χ4v) is 2.19. The average molecular weight is 296 g/mol. The lowest BCUT2D eigenvalue weighted by atomic mass is 9.99. The normalized spacial score (nSPS) is 10.3. The molecule has 0 saturated heterocycles. The van der Waals surface area contributed by atoms with Crippen molar-refractivity contribution in [3.63, 3.8) is 0 Å². The van der Waals surface area contributed by atoms with Gasteiger partial charge in [0.1, 0.15) is 0 Å². The molecular weight excluding hydrogens is 276 g/mol. The second-order valence-electron chi connectivity index (χ2n) is 5.37. The number of carbonyl (C=O) groups excluding carboxylic acids is 2. The molecule has 22 heavy (non-hydrogen) atoms. The zero-order chi connectivity index (χ0) is 15.9. The maximum atomic E-state index is 12.2. The topological polar surface area (TPSA) is 59.1 Å². The van der Waals surface area contributed by atoms with E-state index in [9.17, 15) is 9.59 Å². The van der Waals surface area contributed by atoms with Crippen LogP contribution in [0.25, 0.3) is 0 Å². The minimum Gasteiger partial charge on any atom is -0.352 e. The number of hydrogen-bond donors (Lipinski definition) is 1. The van der Waals surface area contributed by atoms with Crippen molar-refractivity contribution in [2.45, 2.75) is 33.2 Å². The van der Waals surface area contributed by atoms with E-state index >= 15 is 0 Å². The molecule has 4 nitrogen and oxygen atoms in total. The van der Waals surface area contributed by atoms with Crippen molar-refractivity contribution in [2.75, 3.05) is 0 Å². The number of rotatable bonds is 6. The minimum absolute atomic E-state index is 0.0141. The Morgan fingerprint density at radius 1 is 1.05 bits per heavy atom. The van der Waals surface area contributed by atoms with E-state index in [4.69, 9.17) is 0 Å². The predicted octanol–water partition coefficient (Wildman–Crippen LogP) is 2.98. The highest BCUT2D eigenvalue weighted by atomic mass is 16.2. The van der Waals surface area contributed by atoms with E-state index in [2.05, 4.69) is 10.3 Å². The molecule has 0 saturated carbocycles. The molecule has 0 aliphatic carbocycles. The van der Waals surface area contributed by atoms with Crippen LogP contribution in [0.2, 0.25) is 0 Å². The van der Waals surface area contributed by atoms with Crippen molar-refractivity contribution in [2.24, 2.45) is 0 Å². The van der Waals surface area contributed by atoms with Crippen LogP contribution < -0.4 is 5.32 Å². The highest BCUT2D eigenvalue weighted by molar-refractivity contribution is 5.99. The Bertz CT molecular complexity index is 666. The molecule has 0 radical (unpaired) electrons. The third-order valence-electron chi connectivity index (χ3n) is 3.51. The van der Waals surface area contributed by atoms with E-state index < -0.39 is 0 Å². The second-order valence-corrected chi connectivity index (χ2v) is 5.37. The first-order valence-corrected chi connectivity index (χ1v) is 7.32. The first-order chi connectivity index (χ1) is 10.6. The van der Waals surface area contributed by atoms with Gasteiger partial charge >= 0.3 is 0 Å². The highest BCUT2D eigenvalue weighted by Gasteiger charge is 2.11. The molecule has 0 aliphatic rings. The fourth-order valence-electron chi connectivity index (χ4n) is 2.19. The summed E-state index contributed by atoms with van der Waals surface area (Å²) in [5.74, 6) is -0.101. The molecule has 114 valence electrons. The van der Waals surface area contributed by atoms with Gasteiger partial charge in [0.05, 0.1) is 0 Å². The Morgan fingerprint density at radius 3 is 2.50 bits per heavy atom. The number of carbonyl (C=O) groups is 2. The number of Topliss-reactive ketones (excluding diaryl/α,β-unsaturated/α-hetero) is 1. The van der Waals surface area contributed by atoms with Gasteiger partial charge in [0.15, 0.2) is 5.78 Å². The van der Waals surface area contributed by atoms with Crippen LogP contribution in [0, 0.1) is 13.8 Å². The molecule has 0 fully saturated rings. The lowest BCUT2D eigenvalue weighted by Gasteiger charge is -2.07. The number of benzene rings is 1. The van der Waals surface area contributed by atoms with Gasteiger partial charge in [-0.15, -0.1) is 0 Å². The van der Waals surface area contributed by atoms with Crippen LogP contribution >= 0.6 is 0 Å². The summed E-state index contributed by atoms with van der Waals surface area (Å²) in [6.07, 6.45) is 3.81. The van der Waals surface area contributed by atoms with E-state index in [1.165, 1.54) is 0 Å². The van der Waals surface area contributed by atoms with Gasteiger partial charge in [-0.05, 0) is 43.2 Å². The van der Waals surface area contributed by atoms with Crippen molar-refractivity contribution in [3.05, 3.63) is 65.0 Å². The number of pyridine rings is 1. The van der Waals surface area contributed by atoms with Gasteiger partial charge in [-0.3, -0.25) is 14.6 Å². The lowest BCUT2D eigenvalue weighted by molar-refractivity contribution is -0.121. The molecule has 0 atom stereocenters. The predicted molar refractivity (Wildman–Crippen MR) is 85.6 cm³/mol. The van der Waals surface area contributed by atoms with Crippen LogP contribution in [0.1, 0.15) is 39.9 Å². The molecule has 1 aromatic carbocycles. The van der Waals surface area contributed by atoms with Crippen LogP contribution in [0.5, 0.6) is 0 Å². The number of amides is 1. The molecule has 1 N–H and O–H groups in total. The number of nitrogens with zero attached hydrogens (tertiary/aromatic N) is 1. The molecular formula is C18H20N2O2. The summed E-state index contributed by atoms with van der Waals surface area (Å²) in [5, 5.41) is 2.81. The van der Waals surface area contributed by atoms with Crippen molar-refractivity contribution in [1.29, 1.82) is 0 Å². The summed E-state index contributed by atoms with van der Waals surface area (Å²) in [6, 6.07) is 9.50. The van der Waals surface area contributed by atoms with Crippen LogP contribution in [0.4, 0.5) is 0 Å². The van der Waals surface area contributed by atoms with E-state index in [-0.39, 0.29) is 24.5 Å². The largest absolute Gasteiger partial charge is 0.352 e. The van der Waals surface area contributed by atoms with E-state index in [1.54, 1.807) is 12.4 Å². The number of aryl methyl sites for hydroxylation is 2. The number of hydrogen-bond acceptors (Lipinski definition) is 3. The quantitative estimate of drug-likeness (QED) is 0.834. The first kappa shape index (κ1) is 15.9. The minimum atomic E-state index is -0.115. The van der Waals surface area contributed by atoms with Crippen molar-refractivity contribution in [1.82, 2.24) is 10.3 Å². The number of ketones is 1. The summed E-state index contributed by atoms with van der Waals surface area (Å²) in [7, 11) is 0. The second kappa shape index (κ2) is 7.50. The monoisotopic (exact) mass is 296 g/mol. The van der Waals surface area contributed by atoms with Crippen molar-refractivity contribution >= 4 is 11.7 Å². The molecule has 0 unspecified atom stereocenters. The van der Waals surface area contributed by atoms with E-state index in [0.29, 0.717) is 12.1 Å². The summed E-state index contributed by atoms with van der Waals surface area (Å²) in [5.41, 5.74) is 3.70. The summed E-state index contributed by atoms with van der Waals surface area (Å²) < 4.78 is 0. The van der Waals surface area contributed by atoms with Crippen LogP contribution in [0.15, 0.2) is 42.7 Å². The van der Waals surface area contributed by atoms with Crippen LogP contribution in [0.3, 0.4) is 0 Å². The Kier molecular flexibility index (Phi) is 5.42. The molecule has 0 spiro atoms. The standard InChI is InChI=1S/C18H20N2O2/c1-13-3-4-14(2)16(11-13)17(21)5-6-18(22)20-12-15-7-9-19-10-8-15/h3-4,7-11H,5-6,12H2,1-2H3,(H,20,22). The molecule has 0 bridgehead atoms. The molecule has 1 heterocycles. The Labute approximate surface area is 130 Å². The van der Waals surface area contributed by atoms with Gasteiger partial charge in [-0.1, -0.05) is 17.7 Å². The lowest BCUT2D eigenvalue weighted by Crippen LogP contribution is -2.23. The third-order valence-corrected chi connectivity index (χ3v) is 3.51. The third kappa shape index (κ3) is 4.52. The zero-order valence-electron chi connectivity index (χ0n) is 12.9. The van der Waals surface area contributed by atoms with Gasteiger partial charge in [-0.25, -0.2) is 0 Å². The van der Waals surface area contributed by atoms with Crippen LogP contribution in [-0.2, 0) is 11.3 Å². The molecule has 2 aromatic rings. The first-order valence-electron chi connectivity index (χ1n) is 7.32. The molecule has 1 aromatic heterocycles. The maximum absolute atomic E-state index is 12.2. The molecule has 1 amide bonds. The van der Waals surface area contributed by atoms with Gasteiger partial charge in [0.25, 0.3) is 0 Å². The summed E-state index contributed by atoms with van der Waals surface area (Å²) in [4.78, 5) is 28.0. The maximum Gasteiger partial charge on any atom is 0.220 e. The zero-order valence-corrected chi connectivity index (χ0v) is 12.9. The van der Waals surface area contributed by atoms with Crippen molar-refractivity contribution in [3.8, 4) is 0 Å². The van der Waals surface area contributed by atoms with E-state index in [0.717, 1.165) is 16.7 Å². The molecule has 4 heteroatoms. The van der Waals surface area contributed by atoms with Gasteiger partial charge in [0, 0.05) is 37.3 Å². The average Bonchev–Trinajstić information content (AvgIpc) is 2.54. The van der Waals surface area contributed by atoms with Crippen LogP contribution in [-0.4, -0.2) is 16.7 Å². The smallest absolute Gasteiger partial charge is 0.220 e. The SMILES string of the molecule is Cc1ccc(C)c(C(=O)CCC(=O)NCc2ccncc2)c1. The number of aromatic nitrogens is 1. The van der Waals surface area contributed by atoms with Crippen molar-refractivity contribution < 1.29 is 9.59 Å². The van der Waals surface area contributed by atoms with Gasteiger partial charge in [0.2, 0.25) is 5.91 Å². The summed E-state index contributed by atoms with van der Waals surface area (Å²) in [6.45, 7) is 4.33. The number of nitrogens with one attached hydrogen (secondary N) is 1. The molecule has 2 rings (SSSR count). The van der Waals surface area contributed by atoms with E-state index in [1.807, 2.05) is 44.2 Å². The molecule has 0 aliphatic heterocycles. The summed E-state index contributed by atoms with van der Waals surface area (Å²) >= 11 is 0. The van der Waals surface area contributed by atoms with Gasteiger partial charge in [-0.2, -0.15) is 0 Å². The Morgan fingerprint density at radius 2 is 1.77 bits per heavy atom. The fraction of sp³-hybridized carbons (Fsp3) is 0.278. The van der Waals surface area contributed by atoms with Gasteiger partial charge < -0.3 is 5.32 Å². The highest BCUT2D eigenvalue weighted by Crippen LogP contribution is 2.13. The Hall–Kier alpha value is -2.49. The Balaban J connectivity index is 1.83.